The van der Waals surface area contributed by atoms with E-state index in [1.807, 2.05) is 60.7 Å². The molecule has 1 heterocycles. The molecule has 7 heteroatoms. The molecular formula is C22H18Cl3NO3. The Morgan fingerprint density at radius 1 is 0.897 bits per heavy atom. The molecule has 3 rings (SSSR count). The van der Waals surface area contributed by atoms with Crippen LogP contribution in [0.25, 0.3) is 12.2 Å². The topological polar surface area (TPSA) is 46.6 Å². The highest BCUT2D eigenvalue weighted by Gasteiger charge is 2.31. The van der Waals surface area contributed by atoms with E-state index < -0.39 is 9.89 Å². The van der Waals surface area contributed by atoms with Gasteiger partial charge in [-0.1, -0.05) is 95.5 Å². The number of ketones is 1. The van der Waals surface area contributed by atoms with Crippen LogP contribution < -0.4 is 0 Å². The molecule has 29 heavy (non-hydrogen) atoms. The van der Waals surface area contributed by atoms with Gasteiger partial charge in [0.05, 0.1) is 13.1 Å². The SMILES string of the molecule is O=C1C(=Cc2ccccc2)CN(C(=O)OCC(Cl)(Cl)Cl)CC1=Cc1ccccc1. The van der Waals surface area contributed by atoms with Gasteiger partial charge in [0.2, 0.25) is 3.79 Å². The summed E-state index contributed by atoms with van der Waals surface area (Å²) in [5.74, 6) is -0.108. The maximum absolute atomic E-state index is 13.0. The van der Waals surface area contributed by atoms with Gasteiger partial charge in [-0.3, -0.25) is 9.69 Å². The Labute approximate surface area is 184 Å². The summed E-state index contributed by atoms with van der Waals surface area (Å²) in [5, 5.41) is 0. The third-order valence-electron chi connectivity index (χ3n) is 4.20. The third-order valence-corrected chi connectivity index (χ3v) is 4.53. The van der Waals surface area contributed by atoms with Gasteiger partial charge in [0.25, 0.3) is 0 Å². The van der Waals surface area contributed by atoms with Crippen molar-refractivity contribution in [2.45, 2.75) is 3.79 Å². The number of carbonyl (C=O) groups excluding carboxylic acids is 2. The van der Waals surface area contributed by atoms with Crippen molar-refractivity contribution in [1.29, 1.82) is 0 Å². The number of carbonyl (C=O) groups is 2. The lowest BCUT2D eigenvalue weighted by Crippen LogP contribution is -2.42. The van der Waals surface area contributed by atoms with Gasteiger partial charge in [0.1, 0.15) is 6.61 Å². The summed E-state index contributed by atoms with van der Waals surface area (Å²) in [7, 11) is 0. The molecule has 1 fully saturated rings. The number of alkyl halides is 3. The lowest BCUT2D eigenvalue weighted by atomic mass is 9.94. The molecule has 1 aliphatic heterocycles. The lowest BCUT2D eigenvalue weighted by Gasteiger charge is -2.29. The minimum absolute atomic E-state index is 0.108. The quantitative estimate of drug-likeness (QED) is 0.455. The second kappa shape index (κ2) is 9.49. The number of amides is 1. The number of hydrogen-bond donors (Lipinski definition) is 0. The summed E-state index contributed by atoms with van der Waals surface area (Å²) in [4.78, 5) is 27.0. The molecule has 4 nitrogen and oxygen atoms in total. The van der Waals surface area contributed by atoms with E-state index in [1.165, 1.54) is 4.90 Å². The standard InChI is InChI=1S/C22H18Cl3NO3/c23-22(24,25)15-29-21(28)26-13-18(11-16-7-3-1-4-8-16)20(27)19(14-26)12-17-9-5-2-6-10-17/h1-12H,13-15H2. The lowest BCUT2D eigenvalue weighted by molar-refractivity contribution is -0.113. The fourth-order valence-corrected chi connectivity index (χ4v) is 3.07. The summed E-state index contributed by atoms with van der Waals surface area (Å²) >= 11 is 17.0. The molecule has 0 saturated carbocycles. The van der Waals surface area contributed by atoms with E-state index in [9.17, 15) is 9.59 Å². The number of hydrogen-bond acceptors (Lipinski definition) is 3. The maximum Gasteiger partial charge on any atom is 0.410 e. The van der Waals surface area contributed by atoms with Crippen molar-refractivity contribution < 1.29 is 14.3 Å². The van der Waals surface area contributed by atoms with Crippen LogP contribution in [0.3, 0.4) is 0 Å². The van der Waals surface area contributed by atoms with E-state index in [-0.39, 0.29) is 25.5 Å². The molecule has 0 aliphatic carbocycles. The van der Waals surface area contributed by atoms with Gasteiger partial charge in [-0.05, 0) is 23.3 Å². The first-order chi connectivity index (χ1) is 13.8. The number of piperidine rings is 1. The molecule has 1 aliphatic rings. The number of Topliss-reactive ketones (excluding diaryl/α,β-unsaturated/α-hetero) is 1. The number of likely N-dealkylation sites (tertiary alicyclic amines) is 1. The minimum atomic E-state index is -1.70. The molecular weight excluding hydrogens is 433 g/mol. The normalized spacial score (nSPS) is 17.6. The van der Waals surface area contributed by atoms with Gasteiger partial charge in [-0.15, -0.1) is 0 Å². The highest BCUT2D eigenvalue weighted by atomic mass is 35.6. The fraction of sp³-hybridized carbons (Fsp3) is 0.182. The van der Waals surface area contributed by atoms with Gasteiger partial charge >= 0.3 is 6.09 Å². The zero-order chi connectivity index (χ0) is 20.9. The second-order valence-electron chi connectivity index (χ2n) is 6.52. The molecule has 2 aromatic rings. The van der Waals surface area contributed by atoms with Crippen LogP contribution in [0, 0.1) is 0 Å². The number of benzene rings is 2. The highest BCUT2D eigenvalue weighted by Crippen LogP contribution is 2.27. The number of nitrogens with zero attached hydrogens (tertiary/aromatic N) is 1. The van der Waals surface area contributed by atoms with Crippen LogP contribution >= 0.6 is 34.8 Å². The van der Waals surface area contributed by atoms with Crippen molar-refractivity contribution in [2.24, 2.45) is 0 Å². The molecule has 1 saturated heterocycles. The number of halogens is 3. The first-order valence-electron chi connectivity index (χ1n) is 8.86. The Morgan fingerprint density at radius 3 is 1.76 bits per heavy atom. The monoisotopic (exact) mass is 449 g/mol. The molecule has 0 radical (unpaired) electrons. The Balaban J connectivity index is 1.90. The van der Waals surface area contributed by atoms with Crippen molar-refractivity contribution in [2.75, 3.05) is 19.7 Å². The maximum atomic E-state index is 13.0. The summed E-state index contributed by atoms with van der Waals surface area (Å²) in [5.41, 5.74) is 2.70. The second-order valence-corrected chi connectivity index (χ2v) is 9.03. The zero-order valence-electron chi connectivity index (χ0n) is 15.4. The van der Waals surface area contributed by atoms with Gasteiger partial charge in [0.15, 0.2) is 5.78 Å². The first kappa shape index (κ1) is 21.4. The molecule has 0 aromatic heterocycles. The smallest absolute Gasteiger partial charge is 0.410 e. The molecule has 0 bridgehead atoms. The first-order valence-corrected chi connectivity index (χ1v) is 9.99. The van der Waals surface area contributed by atoms with Crippen molar-refractivity contribution in [3.05, 3.63) is 82.9 Å². The molecule has 1 amide bonds. The summed E-state index contributed by atoms with van der Waals surface area (Å²) in [6.07, 6.45) is 2.90. The number of rotatable bonds is 3. The van der Waals surface area contributed by atoms with Crippen molar-refractivity contribution >= 4 is 58.8 Å². The average molecular weight is 451 g/mol. The van der Waals surface area contributed by atoms with Crippen LogP contribution in [0.2, 0.25) is 0 Å². The van der Waals surface area contributed by atoms with E-state index in [0.717, 1.165) is 11.1 Å². The van der Waals surface area contributed by atoms with Crippen LogP contribution in [0.1, 0.15) is 11.1 Å². The van der Waals surface area contributed by atoms with Crippen LogP contribution in [0.15, 0.2) is 71.8 Å². The fourth-order valence-electron chi connectivity index (χ4n) is 2.90. The van der Waals surface area contributed by atoms with E-state index in [4.69, 9.17) is 39.5 Å². The zero-order valence-corrected chi connectivity index (χ0v) is 17.6. The Hall–Kier alpha value is -2.27. The van der Waals surface area contributed by atoms with Crippen molar-refractivity contribution in [3.63, 3.8) is 0 Å². The molecule has 2 aromatic carbocycles. The number of ether oxygens (including phenoxy) is 1. The van der Waals surface area contributed by atoms with Gasteiger partial charge in [-0.25, -0.2) is 4.79 Å². The predicted molar refractivity (Wildman–Crippen MR) is 117 cm³/mol. The molecule has 0 atom stereocenters. The van der Waals surface area contributed by atoms with E-state index in [1.54, 1.807) is 12.2 Å². The molecule has 150 valence electrons. The molecule has 0 N–H and O–H groups in total. The van der Waals surface area contributed by atoms with E-state index in [2.05, 4.69) is 0 Å². The van der Waals surface area contributed by atoms with E-state index >= 15 is 0 Å². The largest absolute Gasteiger partial charge is 0.445 e. The molecule has 0 unspecified atom stereocenters. The van der Waals surface area contributed by atoms with Gasteiger partial charge < -0.3 is 4.74 Å². The van der Waals surface area contributed by atoms with Crippen molar-refractivity contribution in [1.82, 2.24) is 4.90 Å². The minimum Gasteiger partial charge on any atom is -0.445 e. The summed E-state index contributed by atoms with van der Waals surface area (Å²) in [6, 6.07) is 18.9. The Kier molecular flexibility index (Phi) is 7.01. The third kappa shape index (κ3) is 6.36. The predicted octanol–water partition coefficient (Wildman–Crippen LogP) is 5.55. The van der Waals surface area contributed by atoms with Gasteiger partial charge in [0, 0.05) is 11.1 Å². The van der Waals surface area contributed by atoms with Crippen molar-refractivity contribution in [3.8, 4) is 0 Å². The van der Waals surface area contributed by atoms with Crippen LogP contribution in [0.5, 0.6) is 0 Å². The van der Waals surface area contributed by atoms with Gasteiger partial charge in [-0.2, -0.15) is 0 Å². The highest BCUT2D eigenvalue weighted by molar-refractivity contribution is 6.67. The Bertz CT molecular complexity index is 873. The Morgan fingerprint density at radius 2 is 1.34 bits per heavy atom. The van der Waals surface area contributed by atoms with Crippen LogP contribution in [-0.2, 0) is 9.53 Å². The van der Waals surface area contributed by atoms with E-state index in [0.29, 0.717) is 11.1 Å². The summed E-state index contributed by atoms with van der Waals surface area (Å²) in [6.45, 7) is -0.159. The van der Waals surface area contributed by atoms with Crippen LogP contribution in [-0.4, -0.2) is 40.3 Å². The average Bonchev–Trinajstić information content (AvgIpc) is 2.70. The van der Waals surface area contributed by atoms with Crippen LogP contribution in [0.4, 0.5) is 4.79 Å². The molecule has 0 spiro atoms. The summed E-state index contributed by atoms with van der Waals surface area (Å²) < 4.78 is 3.40.